The van der Waals surface area contributed by atoms with Gasteiger partial charge in [0.05, 0.1) is 0 Å². The molecule has 0 bridgehead atoms. The minimum Gasteiger partial charge on any atom is -0.297 e. The van der Waals surface area contributed by atoms with Crippen LogP contribution in [0.5, 0.6) is 0 Å². The van der Waals surface area contributed by atoms with Crippen molar-refractivity contribution in [2.24, 2.45) is 0 Å². The molecule has 0 aliphatic heterocycles. The molecule has 0 saturated heterocycles. The van der Waals surface area contributed by atoms with Crippen LogP contribution in [0.4, 0.5) is 4.39 Å². The second-order valence-electron chi connectivity index (χ2n) is 4.10. The van der Waals surface area contributed by atoms with Crippen LogP contribution < -0.4 is 0 Å². The smallest absolute Gasteiger partial charge is 0.124 e. The van der Waals surface area contributed by atoms with E-state index in [0.29, 0.717) is 6.04 Å². The molecule has 1 nitrogen and oxygen atoms in total. The van der Waals surface area contributed by atoms with Crippen molar-refractivity contribution in [3.8, 4) is 0 Å². The normalized spacial score (nSPS) is 13.1. The van der Waals surface area contributed by atoms with Crippen molar-refractivity contribution in [2.45, 2.75) is 39.8 Å². The molecule has 0 fully saturated rings. The number of hydrogen-bond donors (Lipinski definition) is 0. The summed E-state index contributed by atoms with van der Waals surface area (Å²) in [7, 11) is 0. The van der Waals surface area contributed by atoms with Crippen LogP contribution in [0.1, 0.15) is 32.8 Å². The third-order valence-electron chi connectivity index (χ3n) is 2.93. The Kier molecular flexibility index (Phi) is 5.42. The highest BCUT2D eigenvalue weighted by atomic mass is 79.9. The van der Waals surface area contributed by atoms with Gasteiger partial charge in [-0.05, 0) is 43.7 Å². The molecule has 3 heteroatoms. The zero-order chi connectivity index (χ0) is 12.1. The van der Waals surface area contributed by atoms with Gasteiger partial charge in [-0.15, -0.1) is 0 Å². The molecule has 1 unspecified atom stereocenters. The first kappa shape index (κ1) is 13.7. The largest absolute Gasteiger partial charge is 0.297 e. The predicted molar refractivity (Wildman–Crippen MR) is 69.9 cm³/mol. The van der Waals surface area contributed by atoms with E-state index in [4.69, 9.17) is 0 Å². The predicted octanol–water partition coefficient (Wildman–Crippen LogP) is 4.21. The number of nitrogens with zero attached hydrogens (tertiary/aromatic N) is 1. The lowest BCUT2D eigenvalue weighted by Crippen LogP contribution is -2.31. The molecule has 0 aliphatic carbocycles. The van der Waals surface area contributed by atoms with Gasteiger partial charge in [0.1, 0.15) is 5.82 Å². The number of rotatable bonds is 5. The Morgan fingerprint density at radius 1 is 1.31 bits per heavy atom. The van der Waals surface area contributed by atoms with Crippen molar-refractivity contribution in [3.05, 3.63) is 34.1 Å². The van der Waals surface area contributed by atoms with Crippen LogP contribution in [0.25, 0.3) is 0 Å². The first-order valence-electron chi connectivity index (χ1n) is 5.75. The van der Waals surface area contributed by atoms with Gasteiger partial charge in [0.15, 0.2) is 0 Å². The topological polar surface area (TPSA) is 3.24 Å². The maximum absolute atomic E-state index is 13.2. The van der Waals surface area contributed by atoms with Crippen molar-refractivity contribution >= 4 is 15.9 Å². The lowest BCUT2D eigenvalue weighted by molar-refractivity contribution is 0.206. The van der Waals surface area contributed by atoms with Gasteiger partial charge >= 0.3 is 0 Å². The summed E-state index contributed by atoms with van der Waals surface area (Å²) in [5, 5.41) is 0. The summed E-state index contributed by atoms with van der Waals surface area (Å²) in [5.41, 5.74) is 1.02. The summed E-state index contributed by atoms with van der Waals surface area (Å²) >= 11 is 3.32. The quantitative estimate of drug-likeness (QED) is 0.784. The van der Waals surface area contributed by atoms with Crippen molar-refractivity contribution < 1.29 is 4.39 Å². The van der Waals surface area contributed by atoms with Crippen molar-refractivity contribution in [1.82, 2.24) is 4.90 Å². The Hall–Kier alpha value is -0.410. The van der Waals surface area contributed by atoms with E-state index in [0.717, 1.165) is 29.5 Å². The van der Waals surface area contributed by atoms with Crippen LogP contribution in [-0.2, 0) is 6.54 Å². The monoisotopic (exact) mass is 287 g/mol. The molecule has 0 aliphatic rings. The second kappa shape index (κ2) is 6.36. The molecular formula is C13H19BrFN. The van der Waals surface area contributed by atoms with Crippen LogP contribution in [0.3, 0.4) is 0 Å². The molecule has 0 radical (unpaired) electrons. The zero-order valence-electron chi connectivity index (χ0n) is 10.1. The van der Waals surface area contributed by atoms with Gasteiger partial charge in [0.25, 0.3) is 0 Å². The summed E-state index contributed by atoms with van der Waals surface area (Å²) < 4.78 is 14.0. The SMILES string of the molecule is CCC(C)N(CC)Cc1cc(F)cc(Br)c1. The highest BCUT2D eigenvalue weighted by Crippen LogP contribution is 2.17. The maximum Gasteiger partial charge on any atom is 0.124 e. The highest BCUT2D eigenvalue weighted by molar-refractivity contribution is 9.10. The van der Waals surface area contributed by atoms with E-state index in [2.05, 4.69) is 41.6 Å². The first-order chi connectivity index (χ1) is 7.56. The lowest BCUT2D eigenvalue weighted by Gasteiger charge is -2.27. The van der Waals surface area contributed by atoms with E-state index in [1.807, 2.05) is 6.07 Å². The number of halogens is 2. The van der Waals surface area contributed by atoms with Gasteiger partial charge in [-0.1, -0.05) is 29.8 Å². The summed E-state index contributed by atoms with van der Waals surface area (Å²) in [6.45, 7) is 8.32. The maximum atomic E-state index is 13.2. The molecule has 0 N–H and O–H groups in total. The fourth-order valence-corrected chi connectivity index (χ4v) is 2.29. The Labute approximate surface area is 106 Å². The summed E-state index contributed by atoms with van der Waals surface area (Å²) in [6, 6.07) is 5.61. The highest BCUT2D eigenvalue weighted by Gasteiger charge is 2.11. The Morgan fingerprint density at radius 3 is 2.50 bits per heavy atom. The fourth-order valence-electron chi connectivity index (χ4n) is 1.77. The fraction of sp³-hybridized carbons (Fsp3) is 0.538. The van der Waals surface area contributed by atoms with E-state index in [-0.39, 0.29) is 5.82 Å². The van der Waals surface area contributed by atoms with Gasteiger partial charge in [-0.25, -0.2) is 4.39 Å². The third kappa shape index (κ3) is 3.87. The molecule has 16 heavy (non-hydrogen) atoms. The first-order valence-corrected chi connectivity index (χ1v) is 6.55. The molecule has 0 spiro atoms. The molecule has 0 saturated carbocycles. The average molecular weight is 288 g/mol. The Balaban J connectivity index is 2.77. The minimum absolute atomic E-state index is 0.176. The van der Waals surface area contributed by atoms with Gasteiger partial charge in [-0.2, -0.15) is 0 Å². The van der Waals surface area contributed by atoms with Crippen LogP contribution in [-0.4, -0.2) is 17.5 Å². The molecule has 1 aromatic carbocycles. The van der Waals surface area contributed by atoms with Crippen molar-refractivity contribution in [2.75, 3.05) is 6.54 Å². The van der Waals surface area contributed by atoms with E-state index in [1.165, 1.54) is 6.07 Å². The van der Waals surface area contributed by atoms with Crippen LogP contribution >= 0.6 is 15.9 Å². The molecule has 0 heterocycles. The van der Waals surface area contributed by atoms with Gasteiger partial charge in [0.2, 0.25) is 0 Å². The molecular weight excluding hydrogens is 269 g/mol. The standard InChI is InChI=1S/C13H19BrFN/c1-4-10(3)16(5-2)9-11-6-12(14)8-13(15)7-11/h6-8,10H,4-5,9H2,1-3H3. The van der Waals surface area contributed by atoms with Crippen LogP contribution in [0, 0.1) is 5.82 Å². The van der Waals surface area contributed by atoms with Gasteiger partial charge < -0.3 is 0 Å². The average Bonchev–Trinajstić information content (AvgIpc) is 2.23. The summed E-state index contributed by atoms with van der Waals surface area (Å²) in [4.78, 5) is 2.35. The lowest BCUT2D eigenvalue weighted by atomic mass is 10.1. The van der Waals surface area contributed by atoms with E-state index in [1.54, 1.807) is 6.07 Å². The second-order valence-corrected chi connectivity index (χ2v) is 5.01. The summed E-state index contributed by atoms with van der Waals surface area (Å²) in [6.07, 6.45) is 1.12. The molecule has 1 atom stereocenters. The van der Waals surface area contributed by atoms with Crippen molar-refractivity contribution in [3.63, 3.8) is 0 Å². The van der Waals surface area contributed by atoms with Crippen molar-refractivity contribution in [1.29, 1.82) is 0 Å². The minimum atomic E-state index is -0.176. The van der Waals surface area contributed by atoms with Crippen LogP contribution in [0.2, 0.25) is 0 Å². The third-order valence-corrected chi connectivity index (χ3v) is 3.39. The molecule has 1 rings (SSSR count). The van der Waals surface area contributed by atoms with Crippen LogP contribution in [0.15, 0.2) is 22.7 Å². The van der Waals surface area contributed by atoms with E-state index < -0.39 is 0 Å². The molecule has 0 amide bonds. The number of benzene rings is 1. The Morgan fingerprint density at radius 2 is 2.00 bits per heavy atom. The molecule has 0 aromatic heterocycles. The summed E-state index contributed by atoms with van der Waals surface area (Å²) in [5.74, 6) is -0.176. The number of hydrogen-bond acceptors (Lipinski definition) is 1. The van der Waals surface area contributed by atoms with E-state index in [9.17, 15) is 4.39 Å². The van der Waals surface area contributed by atoms with Gasteiger partial charge in [0, 0.05) is 17.1 Å². The van der Waals surface area contributed by atoms with Gasteiger partial charge in [-0.3, -0.25) is 4.90 Å². The zero-order valence-corrected chi connectivity index (χ0v) is 11.7. The molecule has 90 valence electrons. The Bertz CT molecular complexity index is 320. The molecule has 1 aromatic rings. The van der Waals surface area contributed by atoms with E-state index >= 15 is 0 Å².